The number of morpholine rings is 1. The maximum absolute atomic E-state index is 13.4. The average Bonchev–Trinajstić information content (AvgIpc) is 3.52. The van der Waals surface area contributed by atoms with Gasteiger partial charge in [-0.1, -0.05) is 41.9 Å². The Balaban J connectivity index is 1.55. The SMILES string of the molecule is COCCCCC(O)(c1cccc(Cl)c1-c1c(I)sc2ccccc12)C1CN(C(=O)C2CCC(N)C2)CCO1. The van der Waals surface area contributed by atoms with E-state index in [2.05, 4.69) is 34.7 Å². The van der Waals surface area contributed by atoms with Gasteiger partial charge < -0.3 is 25.2 Å². The summed E-state index contributed by atoms with van der Waals surface area (Å²) in [7, 11) is 1.69. The molecule has 4 unspecified atom stereocenters. The Hall–Kier alpha value is -1.27. The summed E-state index contributed by atoms with van der Waals surface area (Å²) in [5, 5.41) is 14.4. The Morgan fingerprint density at radius 2 is 2.05 bits per heavy atom. The van der Waals surface area contributed by atoms with Crippen LogP contribution in [0.5, 0.6) is 0 Å². The number of nitrogens with zero attached hydrogens (tertiary/aromatic N) is 1. The molecular weight excluding hydrogens is 647 g/mol. The van der Waals surface area contributed by atoms with Crippen molar-refractivity contribution in [2.24, 2.45) is 11.7 Å². The van der Waals surface area contributed by atoms with Crippen molar-refractivity contribution >= 4 is 61.5 Å². The minimum absolute atomic E-state index is 0.0472. The second kappa shape index (κ2) is 12.7. The summed E-state index contributed by atoms with van der Waals surface area (Å²) in [5.74, 6) is 0.0803. The van der Waals surface area contributed by atoms with Gasteiger partial charge in [0, 0.05) is 58.5 Å². The van der Waals surface area contributed by atoms with E-state index in [1.165, 1.54) is 4.70 Å². The van der Waals surface area contributed by atoms with Crippen molar-refractivity contribution in [3.05, 3.63) is 55.9 Å². The first-order chi connectivity index (χ1) is 18.8. The first-order valence-electron chi connectivity index (χ1n) is 13.7. The highest BCUT2D eigenvalue weighted by Crippen LogP contribution is 2.48. The molecule has 2 heterocycles. The number of amides is 1. The van der Waals surface area contributed by atoms with E-state index in [1.807, 2.05) is 35.2 Å². The third-order valence-electron chi connectivity index (χ3n) is 8.17. The lowest BCUT2D eigenvalue weighted by molar-refractivity contribution is -0.167. The predicted octanol–water partition coefficient (Wildman–Crippen LogP) is 6.19. The molecule has 3 N–H and O–H groups in total. The number of thiophene rings is 1. The van der Waals surface area contributed by atoms with Gasteiger partial charge in [-0.3, -0.25) is 4.79 Å². The second-order valence-electron chi connectivity index (χ2n) is 10.7. The Kier molecular flexibility index (Phi) is 9.53. The molecule has 1 amide bonds. The summed E-state index contributed by atoms with van der Waals surface area (Å²) >= 11 is 11.0. The summed E-state index contributed by atoms with van der Waals surface area (Å²) < 4.78 is 13.9. The quantitative estimate of drug-likeness (QED) is 0.208. The zero-order valence-electron chi connectivity index (χ0n) is 22.2. The fourth-order valence-corrected chi connectivity index (χ4v) is 8.61. The molecule has 3 aromatic rings. The number of unbranched alkanes of at least 4 members (excludes halogenated alkanes) is 1. The Morgan fingerprint density at radius 3 is 2.82 bits per heavy atom. The zero-order chi connectivity index (χ0) is 27.6. The number of aliphatic hydroxyl groups is 1. The summed E-state index contributed by atoms with van der Waals surface area (Å²) in [4.78, 5) is 15.3. The monoisotopic (exact) mass is 682 g/mol. The van der Waals surface area contributed by atoms with E-state index in [4.69, 9.17) is 26.8 Å². The van der Waals surface area contributed by atoms with Crippen LogP contribution in [0.15, 0.2) is 42.5 Å². The maximum atomic E-state index is 13.4. The largest absolute Gasteiger partial charge is 0.385 e. The van der Waals surface area contributed by atoms with E-state index >= 15 is 0 Å². The first-order valence-corrected chi connectivity index (χ1v) is 15.9. The van der Waals surface area contributed by atoms with Gasteiger partial charge >= 0.3 is 0 Å². The molecule has 2 aromatic carbocycles. The van der Waals surface area contributed by atoms with Crippen molar-refractivity contribution in [2.75, 3.05) is 33.4 Å². The van der Waals surface area contributed by atoms with Crippen molar-refractivity contribution in [3.8, 4) is 11.1 Å². The van der Waals surface area contributed by atoms with Gasteiger partial charge in [0.2, 0.25) is 5.91 Å². The topological polar surface area (TPSA) is 85.0 Å². The van der Waals surface area contributed by atoms with Crippen molar-refractivity contribution < 1.29 is 19.4 Å². The number of ether oxygens (including phenoxy) is 2. The molecule has 1 saturated carbocycles. The first kappa shape index (κ1) is 29.2. The number of methoxy groups -OCH3 is 1. The molecule has 6 nitrogen and oxygen atoms in total. The lowest BCUT2D eigenvalue weighted by Crippen LogP contribution is -2.55. The normalized spacial score (nSPS) is 23.3. The fourth-order valence-electron chi connectivity index (χ4n) is 6.13. The number of carbonyl (C=O) groups excluding carboxylic acids is 1. The molecule has 2 aliphatic rings. The van der Waals surface area contributed by atoms with E-state index in [0.29, 0.717) is 37.7 Å². The Labute approximate surface area is 252 Å². The molecule has 0 radical (unpaired) electrons. The number of rotatable bonds is 9. The molecule has 0 spiro atoms. The molecule has 1 saturated heterocycles. The highest BCUT2D eigenvalue weighted by Gasteiger charge is 2.45. The van der Waals surface area contributed by atoms with Crippen molar-refractivity contribution in [2.45, 2.75) is 56.3 Å². The smallest absolute Gasteiger partial charge is 0.225 e. The summed E-state index contributed by atoms with van der Waals surface area (Å²) in [6.45, 7) is 1.85. The molecule has 1 aromatic heterocycles. The van der Waals surface area contributed by atoms with Gasteiger partial charge in [0.15, 0.2) is 0 Å². The van der Waals surface area contributed by atoms with Crippen LogP contribution >= 0.6 is 45.5 Å². The molecule has 4 atom stereocenters. The highest BCUT2D eigenvalue weighted by molar-refractivity contribution is 14.1. The van der Waals surface area contributed by atoms with Gasteiger partial charge in [0.25, 0.3) is 0 Å². The maximum Gasteiger partial charge on any atom is 0.225 e. The van der Waals surface area contributed by atoms with E-state index < -0.39 is 11.7 Å². The average molecular weight is 683 g/mol. The summed E-state index contributed by atoms with van der Waals surface area (Å²) in [6.07, 6.45) is 3.85. The van der Waals surface area contributed by atoms with Gasteiger partial charge in [0.05, 0.1) is 16.0 Å². The molecule has 39 heavy (non-hydrogen) atoms. The Morgan fingerprint density at radius 1 is 1.23 bits per heavy atom. The van der Waals surface area contributed by atoms with Crippen LogP contribution in [0.3, 0.4) is 0 Å². The van der Waals surface area contributed by atoms with Crippen LogP contribution in [-0.2, 0) is 19.9 Å². The number of halogens is 2. The van der Waals surface area contributed by atoms with E-state index in [1.54, 1.807) is 18.4 Å². The summed E-state index contributed by atoms with van der Waals surface area (Å²) in [6, 6.07) is 14.1. The highest BCUT2D eigenvalue weighted by atomic mass is 127. The molecular formula is C30H36ClIN2O4S. The van der Waals surface area contributed by atoms with Gasteiger partial charge in [-0.15, -0.1) is 11.3 Å². The Bertz CT molecular complexity index is 1320. The predicted molar refractivity (Wildman–Crippen MR) is 166 cm³/mol. The van der Waals surface area contributed by atoms with Crippen LogP contribution < -0.4 is 5.73 Å². The number of nitrogens with two attached hydrogens (primary N) is 1. The molecule has 1 aliphatic heterocycles. The van der Waals surface area contributed by atoms with Gasteiger partial charge in [-0.2, -0.15) is 0 Å². The van der Waals surface area contributed by atoms with Crippen molar-refractivity contribution in [3.63, 3.8) is 0 Å². The van der Waals surface area contributed by atoms with Gasteiger partial charge in [-0.25, -0.2) is 0 Å². The number of hydrogen-bond donors (Lipinski definition) is 2. The molecule has 5 rings (SSSR count). The molecule has 2 fully saturated rings. The van der Waals surface area contributed by atoms with Crippen LogP contribution in [-0.4, -0.2) is 61.5 Å². The lowest BCUT2D eigenvalue weighted by Gasteiger charge is -2.44. The third-order valence-corrected chi connectivity index (χ3v) is 10.6. The van der Waals surface area contributed by atoms with E-state index in [-0.39, 0.29) is 17.9 Å². The minimum atomic E-state index is -1.36. The van der Waals surface area contributed by atoms with Crippen LogP contribution in [0.4, 0.5) is 0 Å². The standard InChI is InChI=1S/C30H36ClIN2O4S/c1-37-15-5-4-13-30(36,25-18-34(14-16-38-25)29(35)19-11-12-20(33)17-19)22-8-6-9-23(31)27(22)26-21-7-2-3-10-24(21)39-28(26)32/h2-3,6-10,19-20,25,36H,4-5,11-18,33H2,1H3. The van der Waals surface area contributed by atoms with Crippen LogP contribution in [0.2, 0.25) is 5.02 Å². The van der Waals surface area contributed by atoms with Crippen LogP contribution in [0, 0.1) is 8.80 Å². The molecule has 210 valence electrons. The molecule has 0 bridgehead atoms. The minimum Gasteiger partial charge on any atom is -0.385 e. The zero-order valence-corrected chi connectivity index (χ0v) is 25.9. The van der Waals surface area contributed by atoms with Gasteiger partial charge in [0.1, 0.15) is 11.7 Å². The van der Waals surface area contributed by atoms with Crippen LogP contribution in [0.1, 0.15) is 44.1 Å². The van der Waals surface area contributed by atoms with E-state index in [0.717, 1.165) is 57.1 Å². The number of carbonyl (C=O) groups is 1. The summed E-state index contributed by atoms with van der Waals surface area (Å²) in [5.41, 5.74) is 7.38. The van der Waals surface area contributed by atoms with Crippen molar-refractivity contribution in [1.82, 2.24) is 4.90 Å². The van der Waals surface area contributed by atoms with Gasteiger partial charge in [-0.05, 0) is 78.8 Å². The van der Waals surface area contributed by atoms with Crippen molar-refractivity contribution in [1.29, 1.82) is 0 Å². The number of hydrogen-bond acceptors (Lipinski definition) is 6. The molecule has 1 aliphatic carbocycles. The number of fused-ring (bicyclic) bond motifs is 1. The fraction of sp³-hybridized carbons (Fsp3) is 0.500. The van der Waals surface area contributed by atoms with Crippen LogP contribution in [0.25, 0.3) is 21.2 Å². The lowest BCUT2D eigenvalue weighted by atomic mass is 9.79. The second-order valence-corrected chi connectivity index (χ2v) is 14.0. The third kappa shape index (κ3) is 6.03. The number of benzene rings is 2. The molecule has 9 heteroatoms. The van der Waals surface area contributed by atoms with E-state index in [9.17, 15) is 9.90 Å².